The van der Waals surface area contributed by atoms with E-state index in [1.165, 1.54) is 12.1 Å². The average molecular weight is 382 g/mol. The fourth-order valence-corrected chi connectivity index (χ4v) is 2.87. The third kappa shape index (κ3) is 5.12. The van der Waals surface area contributed by atoms with E-state index in [1.54, 1.807) is 36.4 Å². The maximum Gasteiger partial charge on any atom is 0.339 e. The highest BCUT2D eigenvalue weighted by Gasteiger charge is 2.34. The Bertz CT molecular complexity index is 1050. The quantitative estimate of drug-likeness (QED) is 0.440. The molecule has 0 saturated heterocycles. The van der Waals surface area contributed by atoms with Crippen molar-refractivity contribution in [3.05, 3.63) is 107 Å². The Kier molecular flexibility index (Phi) is 6.46. The van der Waals surface area contributed by atoms with Crippen molar-refractivity contribution in [1.29, 1.82) is 0 Å². The minimum atomic E-state index is -1.23. The maximum atomic E-state index is 13.0. The molecule has 2 nitrogen and oxygen atoms in total. The van der Waals surface area contributed by atoms with Gasteiger partial charge in [-0.15, -0.1) is 6.42 Å². The minimum absolute atomic E-state index is 0.307. The molecule has 3 heteroatoms. The van der Waals surface area contributed by atoms with Crippen molar-refractivity contribution in [2.45, 2.75) is 18.4 Å². The normalized spacial score (nSPS) is 12.0. The standard InChI is InChI=1S/C26H19FO2/c1-2-26(23-14-7-4-8-15-23,29-25(28)22-12-5-3-6-13-22)20-10-9-11-21-16-18-24(27)19-17-21/h1,3-8,12-19H,10,20H2. The zero-order valence-corrected chi connectivity index (χ0v) is 15.8. The van der Waals surface area contributed by atoms with E-state index in [-0.39, 0.29) is 5.82 Å². The Hall–Kier alpha value is -3.82. The molecular formula is C26H19FO2. The van der Waals surface area contributed by atoms with Crippen LogP contribution in [0.25, 0.3) is 0 Å². The fourth-order valence-electron chi connectivity index (χ4n) is 2.87. The number of esters is 1. The van der Waals surface area contributed by atoms with Gasteiger partial charge in [-0.2, -0.15) is 0 Å². The summed E-state index contributed by atoms with van der Waals surface area (Å²) in [7, 11) is 0. The molecular weight excluding hydrogens is 363 g/mol. The second-order valence-electron chi connectivity index (χ2n) is 6.40. The van der Waals surface area contributed by atoms with Crippen molar-refractivity contribution >= 4 is 5.97 Å². The van der Waals surface area contributed by atoms with Crippen LogP contribution in [0.3, 0.4) is 0 Å². The number of carbonyl (C=O) groups is 1. The summed E-state index contributed by atoms with van der Waals surface area (Å²) in [5.74, 6) is 7.90. The molecule has 3 aromatic rings. The van der Waals surface area contributed by atoms with E-state index in [0.717, 1.165) is 5.56 Å². The van der Waals surface area contributed by atoms with Crippen molar-refractivity contribution in [2.75, 3.05) is 0 Å². The van der Waals surface area contributed by atoms with Crippen LogP contribution in [-0.4, -0.2) is 5.97 Å². The second-order valence-corrected chi connectivity index (χ2v) is 6.40. The van der Waals surface area contributed by atoms with Crippen LogP contribution in [0.2, 0.25) is 0 Å². The Morgan fingerprint density at radius 2 is 1.55 bits per heavy atom. The van der Waals surface area contributed by atoms with Crippen molar-refractivity contribution in [1.82, 2.24) is 0 Å². The molecule has 0 spiro atoms. The fraction of sp³-hybridized carbons (Fsp3) is 0.115. The van der Waals surface area contributed by atoms with Crippen molar-refractivity contribution in [2.24, 2.45) is 0 Å². The van der Waals surface area contributed by atoms with Gasteiger partial charge in [0.05, 0.1) is 5.56 Å². The van der Waals surface area contributed by atoms with Gasteiger partial charge in [0, 0.05) is 24.0 Å². The summed E-state index contributed by atoms with van der Waals surface area (Å²) in [6, 6.07) is 23.9. The summed E-state index contributed by atoms with van der Waals surface area (Å²) in [4.78, 5) is 12.7. The van der Waals surface area contributed by atoms with Crippen LogP contribution in [0, 0.1) is 30.0 Å². The molecule has 3 aromatic carbocycles. The number of hydrogen-bond donors (Lipinski definition) is 0. The number of halogens is 1. The molecule has 0 heterocycles. The van der Waals surface area contributed by atoms with E-state index in [0.29, 0.717) is 24.0 Å². The van der Waals surface area contributed by atoms with Crippen molar-refractivity contribution in [3.63, 3.8) is 0 Å². The number of carbonyl (C=O) groups excluding carboxylic acids is 1. The molecule has 3 rings (SSSR count). The van der Waals surface area contributed by atoms with Crippen LogP contribution in [-0.2, 0) is 10.3 Å². The summed E-state index contributed by atoms with van der Waals surface area (Å²) in [5, 5.41) is 0. The second kappa shape index (κ2) is 9.40. The SMILES string of the molecule is C#CC(CCC#Cc1ccc(F)cc1)(OC(=O)c1ccccc1)c1ccccc1. The van der Waals surface area contributed by atoms with E-state index in [9.17, 15) is 9.18 Å². The Labute approximate surface area is 170 Å². The number of hydrogen-bond acceptors (Lipinski definition) is 2. The smallest absolute Gasteiger partial charge is 0.339 e. The van der Waals surface area contributed by atoms with Gasteiger partial charge in [-0.25, -0.2) is 9.18 Å². The molecule has 0 N–H and O–H groups in total. The first kappa shape index (κ1) is 19.9. The van der Waals surface area contributed by atoms with E-state index < -0.39 is 11.6 Å². The molecule has 29 heavy (non-hydrogen) atoms. The molecule has 0 fully saturated rings. The van der Waals surface area contributed by atoms with Crippen LogP contribution >= 0.6 is 0 Å². The lowest BCUT2D eigenvalue weighted by molar-refractivity contribution is 0.00309. The van der Waals surface area contributed by atoms with E-state index in [1.807, 2.05) is 36.4 Å². The zero-order valence-electron chi connectivity index (χ0n) is 15.8. The molecule has 1 atom stereocenters. The van der Waals surface area contributed by atoms with Crippen LogP contribution in [0.1, 0.15) is 34.3 Å². The Morgan fingerprint density at radius 1 is 0.931 bits per heavy atom. The summed E-state index contributed by atoms with van der Waals surface area (Å²) in [6.45, 7) is 0. The van der Waals surface area contributed by atoms with Crippen LogP contribution in [0.5, 0.6) is 0 Å². The van der Waals surface area contributed by atoms with Gasteiger partial charge in [0.2, 0.25) is 0 Å². The topological polar surface area (TPSA) is 26.3 Å². The van der Waals surface area contributed by atoms with Gasteiger partial charge in [-0.05, 0) is 36.4 Å². The highest BCUT2D eigenvalue weighted by atomic mass is 19.1. The highest BCUT2D eigenvalue weighted by molar-refractivity contribution is 5.89. The van der Waals surface area contributed by atoms with Crippen LogP contribution < -0.4 is 0 Å². The van der Waals surface area contributed by atoms with Gasteiger partial charge in [0.25, 0.3) is 0 Å². The Balaban J connectivity index is 1.82. The third-order valence-corrected chi connectivity index (χ3v) is 4.43. The number of terminal acetylenes is 1. The first-order chi connectivity index (χ1) is 14.1. The number of ether oxygens (including phenoxy) is 1. The van der Waals surface area contributed by atoms with Gasteiger partial charge in [0.1, 0.15) is 5.82 Å². The van der Waals surface area contributed by atoms with Crippen LogP contribution in [0.15, 0.2) is 84.9 Å². The summed E-state index contributed by atoms with van der Waals surface area (Å²) in [6.07, 6.45) is 6.59. The summed E-state index contributed by atoms with van der Waals surface area (Å²) >= 11 is 0. The molecule has 0 bridgehead atoms. The number of benzene rings is 3. The molecule has 0 aliphatic rings. The molecule has 1 unspecified atom stereocenters. The zero-order chi connectivity index (χ0) is 20.5. The Morgan fingerprint density at radius 3 is 2.17 bits per heavy atom. The first-order valence-electron chi connectivity index (χ1n) is 9.19. The lowest BCUT2D eigenvalue weighted by Crippen LogP contribution is -2.31. The lowest BCUT2D eigenvalue weighted by Gasteiger charge is -2.28. The van der Waals surface area contributed by atoms with E-state index >= 15 is 0 Å². The molecule has 0 radical (unpaired) electrons. The molecule has 0 amide bonds. The molecule has 0 aromatic heterocycles. The van der Waals surface area contributed by atoms with Gasteiger partial charge >= 0.3 is 5.97 Å². The largest absolute Gasteiger partial charge is 0.438 e. The first-order valence-corrected chi connectivity index (χ1v) is 9.19. The van der Waals surface area contributed by atoms with Gasteiger partial charge in [-0.1, -0.05) is 66.3 Å². The van der Waals surface area contributed by atoms with Gasteiger partial charge in [0.15, 0.2) is 5.60 Å². The van der Waals surface area contributed by atoms with Crippen LogP contribution in [0.4, 0.5) is 4.39 Å². The average Bonchev–Trinajstić information content (AvgIpc) is 2.78. The predicted octanol–water partition coefficient (Wildman–Crippen LogP) is 5.34. The minimum Gasteiger partial charge on any atom is -0.438 e. The predicted molar refractivity (Wildman–Crippen MR) is 111 cm³/mol. The van der Waals surface area contributed by atoms with Crippen molar-refractivity contribution < 1.29 is 13.9 Å². The van der Waals surface area contributed by atoms with Gasteiger partial charge < -0.3 is 4.74 Å². The lowest BCUT2D eigenvalue weighted by atomic mass is 9.89. The number of rotatable bonds is 5. The monoisotopic (exact) mass is 382 g/mol. The van der Waals surface area contributed by atoms with Crippen molar-refractivity contribution in [3.8, 4) is 24.2 Å². The molecule has 142 valence electrons. The van der Waals surface area contributed by atoms with Gasteiger partial charge in [-0.3, -0.25) is 0 Å². The van der Waals surface area contributed by atoms with E-state index in [4.69, 9.17) is 11.2 Å². The maximum absolute atomic E-state index is 13.0. The molecule has 0 aliphatic heterocycles. The summed E-state index contributed by atoms with van der Waals surface area (Å²) < 4.78 is 18.8. The molecule has 0 saturated carbocycles. The molecule has 0 aliphatic carbocycles. The third-order valence-electron chi connectivity index (χ3n) is 4.43. The highest BCUT2D eigenvalue weighted by Crippen LogP contribution is 2.31. The van der Waals surface area contributed by atoms with E-state index in [2.05, 4.69) is 17.8 Å². The summed E-state index contributed by atoms with van der Waals surface area (Å²) in [5.41, 5.74) is 0.626.